The van der Waals surface area contributed by atoms with Crippen LogP contribution >= 0.6 is 0 Å². The van der Waals surface area contributed by atoms with Gasteiger partial charge in [0.15, 0.2) is 0 Å². The normalized spacial score (nSPS) is 11.9. The minimum absolute atomic E-state index is 0.0662. The molecule has 0 saturated heterocycles. The predicted molar refractivity (Wildman–Crippen MR) is 141 cm³/mol. The van der Waals surface area contributed by atoms with Gasteiger partial charge in [-0.25, -0.2) is 4.39 Å². The van der Waals surface area contributed by atoms with Gasteiger partial charge >= 0.3 is 0 Å². The van der Waals surface area contributed by atoms with Gasteiger partial charge in [0, 0.05) is 54.9 Å². The van der Waals surface area contributed by atoms with E-state index in [0.29, 0.717) is 6.54 Å². The molecule has 5 heteroatoms. The Hall–Kier alpha value is -4.25. The molecule has 2 heterocycles. The number of pyridine rings is 1. The quantitative estimate of drug-likeness (QED) is 0.282. The summed E-state index contributed by atoms with van der Waals surface area (Å²) in [7, 11) is 0. The molecule has 36 heavy (non-hydrogen) atoms. The van der Waals surface area contributed by atoms with E-state index in [1.54, 1.807) is 24.5 Å². The smallest absolute Gasteiger partial charge is 0.221 e. The zero-order valence-corrected chi connectivity index (χ0v) is 20.2. The van der Waals surface area contributed by atoms with E-state index in [9.17, 15) is 9.18 Å². The van der Waals surface area contributed by atoms with Gasteiger partial charge in [0.1, 0.15) is 5.82 Å². The molecule has 0 saturated carbocycles. The number of hydrogen-bond acceptors (Lipinski definition) is 2. The second-order valence-electron chi connectivity index (χ2n) is 9.16. The molecule has 1 amide bonds. The summed E-state index contributed by atoms with van der Waals surface area (Å²) in [6.45, 7) is 3.22. The molecule has 0 unspecified atom stereocenters. The molecule has 0 fully saturated rings. The molecule has 2 aromatic heterocycles. The van der Waals surface area contributed by atoms with Crippen molar-refractivity contribution in [2.75, 3.05) is 0 Å². The topological polar surface area (TPSA) is 46.9 Å². The predicted octanol–water partition coefficient (Wildman–Crippen LogP) is 6.37. The highest BCUT2D eigenvalue weighted by molar-refractivity contribution is 5.86. The summed E-state index contributed by atoms with van der Waals surface area (Å²) in [6.07, 6.45) is 5.86. The van der Waals surface area contributed by atoms with E-state index in [2.05, 4.69) is 64.4 Å². The van der Waals surface area contributed by atoms with Crippen molar-refractivity contribution in [2.24, 2.45) is 0 Å². The van der Waals surface area contributed by atoms with Gasteiger partial charge in [-0.15, -0.1) is 0 Å². The molecule has 180 valence electrons. The summed E-state index contributed by atoms with van der Waals surface area (Å²) >= 11 is 0. The zero-order chi connectivity index (χ0) is 24.9. The third-order valence-corrected chi connectivity index (χ3v) is 6.54. The molecule has 0 aliphatic heterocycles. The van der Waals surface area contributed by atoms with Gasteiger partial charge in [-0.05, 0) is 53.4 Å². The van der Waals surface area contributed by atoms with Crippen LogP contribution in [0.15, 0.2) is 104 Å². The van der Waals surface area contributed by atoms with Crippen LogP contribution in [0.25, 0.3) is 10.9 Å². The number of halogens is 1. The summed E-state index contributed by atoms with van der Waals surface area (Å²) < 4.78 is 16.0. The van der Waals surface area contributed by atoms with E-state index >= 15 is 0 Å². The number of nitrogens with zero attached hydrogens (tertiary/aromatic N) is 2. The molecule has 5 aromatic rings. The number of rotatable bonds is 8. The van der Waals surface area contributed by atoms with Crippen LogP contribution in [-0.4, -0.2) is 15.5 Å². The highest BCUT2D eigenvalue weighted by Gasteiger charge is 2.23. The maximum Gasteiger partial charge on any atom is 0.221 e. The number of carbonyl (C=O) groups excluding carboxylic acids is 1. The lowest BCUT2D eigenvalue weighted by Crippen LogP contribution is -2.25. The Morgan fingerprint density at radius 2 is 1.72 bits per heavy atom. The van der Waals surface area contributed by atoms with Crippen LogP contribution in [0.5, 0.6) is 0 Å². The first-order chi connectivity index (χ1) is 17.6. The fraction of sp³-hybridized carbons (Fsp3) is 0.161. The third kappa shape index (κ3) is 5.36. The molecule has 5 rings (SSSR count). The lowest BCUT2D eigenvalue weighted by Gasteiger charge is -2.17. The number of amides is 1. The van der Waals surface area contributed by atoms with Crippen molar-refractivity contribution in [1.82, 2.24) is 14.9 Å². The van der Waals surface area contributed by atoms with Crippen LogP contribution < -0.4 is 5.32 Å². The fourth-order valence-corrected chi connectivity index (χ4v) is 4.64. The van der Waals surface area contributed by atoms with Crippen molar-refractivity contribution in [2.45, 2.75) is 32.4 Å². The zero-order valence-electron chi connectivity index (χ0n) is 20.2. The molecule has 4 nitrogen and oxygen atoms in total. The van der Waals surface area contributed by atoms with E-state index in [4.69, 9.17) is 0 Å². The van der Waals surface area contributed by atoms with Gasteiger partial charge in [0.2, 0.25) is 5.91 Å². The second kappa shape index (κ2) is 10.6. The average Bonchev–Trinajstić information content (AvgIpc) is 3.27. The maximum absolute atomic E-state index is 13.8. The van der Waals surface area contributed by atoms with Crippen molar-refractivity contribution in [3.05, 3.63) is 137 Å². The SMILES string of the molecule is Cc1ccc(Cn2cc([C@@H](CC(=O)NCc3cccnc3)c3ccc(F)cc3)c3ccccc32)cc1. The van der Waals surface area contributed by atoms with Crippen LogP contribution in [0.3, 0.4) is 0 Å². The number of para-hydroxylation sites is 1. The van der Waals surface area contributed by atoms with Gasteiger partial charge in [0.25, 0.3) is 0 Å². The first-order valence-electron chi connectivity index (χ1n) is 12.1. The lowest BCUT2D eigenvalue weighted by atomic mass is 9.88. The Morgan fingerprint density at radius 3 is 2.47 bits per heavy atom. The minimum atomic E-state index is -0.291. The standard InChI is InChI=1S/C31H28FN3O/c1-22-8-10-23(11-9-22)20-35-21-29(27-6-2-3-7-30(27)35)28(25-12-14-26(32)15-13-25)17-31(36)34-19-24-5-4-16-33-18-24/h2-16,18,21,28H,17,19-20H2,1H3,(H,34,36)/t28-/m0/s1. The number of aromatic nitrogens is 2. The fourth-order valence-electron chi connectivity index (χ4n) is 4.64. The summed E-state index contributed by atoms with van der Waals surface area (Å²) in [5, 5.41) is 4.12. The lowest BCUT2D eigenvalue weighted by molar-refractivity contribution is -0.121. The minimum Gasteiger partial charge on any atom is -0.352 e. The van der Waals surface area contributed by atoms with Crippen molar-refractivity contribution in [3.63, 3.8) is 0 Å². The van der Waals surface area contributed by atoms with Crippen LogP contribution in [0.4, 0.5) is 4.39 Å². The second-order valence-corrected chi connectivity index (χ2v) is 9.16. The van der Waals surface area contributed by atoms with Gasteiger partial charge < -0.3 is 9.88 Å². The Bertz CT molecular complexity index is 1460. The number of aryl methyl sites for hydroxylation is 1. The molecular formula is C31H28FN3O. The Morgan fingerprint density at radius 1 is 0.944 bits per heavy atom. The van der Waals surface area contributed by atoms with Crippen LogP contribution in [0.2, 0.25) is 0 Å². The average molecular weight is 478 g/mol. The summed E-state index contributed by atoms with van der Waals surface area (Å²) in [5.41, 5.74) is 6.45. The Labute approximate surface area is 210 Å². The van der Waals surface area contributed by atoms with Crippen molar-refractivity contribution < 1.29 is 9.18 Å². The number of nitrogens with one attached hydrogen (secondary N) is 1. The molecule has 0 radical (unpaired) electrons. The van der Waals surface area contributed by atoms with E-state index in [0.717, 1.165) is 34.1 Å². The van der Waals surface area contributed by atoms with E-state index in [-0.39, 0.29) is 24.1 Å². The van der Waals surface area contributed by atoms with Gasteiger partial charge in [-0.2, -0.15) is 0 Å². The number of carbonyl (C=O) groups is 1. The van der Waals surface area contributed by atoms with Gasteiger partial charge in [0.05, 0.1) is 0 Å². The molecular weight excluding hydrogens is 449 g/mol. The first kappa shape index (κ1) is 23.5. The van der Waals surface area contributed by atoms with E-state index < -0.39 is 0 Å². The Kier molecular flexibility index (Phi) is 6.89. The van der Waals surface area contributed by atoms with Crippen LogP contribution in [-0.2, 0) is 17.9 Å². The summed E-state index contributed by atoms with van der Waals surface area (Å²) in [4.78, 5) is 17.2. The highest BCUT2D eigenvalue weighted by atomic mass is 19.1. The summed E-state index contributed by atoms with van der Waals surface area (Å²) in [5.74, 6) is -0.576. The molecule has 3 aromatic carbocycles. The molecule has 0 spiro atoms. The monoisotopic (exact) mass is 477 g/mol. The summed E-state index contributed by atoms with van der Waals surface area (Å²) in [6, 6.07) is 27.1. The van der Waals surface area contributed by atoms with Crippen molar-refractivity contribution in [1.29, 1.82) is 0 Å². The Balaban J connectivity index is 1.49. The number of hydrogen-bond donors (Lipinski definition) is 1. The molecule has 1 atom stereocenters. The largest absolute Gasteiger partial charge is 0.352 e. The number of fused-ring (bicyclic) bond motifs is 1. The molecule has 0 aliphatic rings. The third-order valence-electron chi connectivity index (χ3n) is 6.54. The molecule has 0 aliphatic carbocycles. The number of benzene rings is 3. The first-order valence-corrected chi connectivity index (χ1v) is 12.1. The maximum atomic E-state index is 13.8. The molecule has 0 bridgehead atoms. The van der Waals surface area contributed by atoms with Gasteiger partial charge in [-0.3, -0.25) is 9.78 Å². The molecule has 1 N–H and O–H groups in total. The van der Waals surface area contributed by atoms with Crippen molar-refractivity contribution in [3.8, 4) is 0 Å². The van der Waals surface area contributed by atoms with Crippen molar-refractivity contribution >= 4 is 16.8 Å². The highest BCUT2D eigenvalue weighted by Crippen LogP contribution is 2.35. The van der Waals surface area contributed by atoms with E-state index in [1.165, 1.54) is 23.3 Å². The van der Waals surface area contributed by atoms with E-state index in [1.807, 2.05) is 24.3 Å². The van der Waals surface area contributed by atoms with Gasteiger partial charge in [-0.1, -0.05) is 66.2 Å². The van der Waals surface area contributed by atoms with Crippen LogP contribution in [0.1, 0.15) is 40.2 Å². The van der Waals surface area contributed by atoms with Crippen LogP contribution in [0, 0.1) is 12.7 Å².